The van der Waals surface area contributed by atoms with Crippen LogP contribution in [0.5, 0.6) is 0 Å². The molecule has 0 aliphatic heterocycles. The number of benzene rings is 2. The van der Waals surface area contributed by atoms with E-state index < -0.39 is 10.0 Å². The molecule has 25 heavy (non-hydrogen) atoms. The van der Waals surface area contributed by atoms with Gasteiger partial charge in [-0.25, -0.2) is 8.42 Å². The lowest BCUT2D eigenvalue weighted by molar-refractivity contribution is 0.601. The molecule has 3 aromatic rings. The highest BCUT2D eigenvalue weighted by molar-refractivity contribution is 7.92. The third-order valence-corrected chi connectivity index (χ3v) is 5.73. The molecule has 0 aliphatic carbocycles. The summed E-state index contributed by atoms with van der Waals surface area (Å²) in [6.07, 6.45) is 3.03. The molecule has 0 spiro atoms. The topological polar surface area (TPSA) is 64.0 Å². The molecule has 0 fully saturated rings. The number of rotatable bonds is 5. The minimum Gasteiger partial charge on any atom is -0.276 e. The van der Waals surface area contributed by atoms with Crippen LogP contribution >= 0.6 is 34.8 Å². The van der Waals surface area contributed by atoms with Gasteiger partial charge in [0.1, 0.15) is 0 Å². The second kappa shape index (κ2) is 7.25. The molecular formula is C16H12Cl3N3O2S. The summed E-state index contributed by atoms with van der Waals surface area (Å²) in [6.45, 7) is 0.430. The number of sulfonamides is 1. The molecule has 130 valence electrons. The van der Waals surface area contributed by atoms with Gasteiger partial charge in [-0.15, -0.1) is 0 Å². The van der Waals surface area contributed by atoms with Crippen molar-refractivity contribution in [3.05, 3.63) is 75.5 Å². The zero-order valence-corrected chi connectivity index (χ0v) is 15.7. The van der Waals surface area contributed by atoms with Gasteiger partial charge in [-0.1, -0.05) is 40.9 Å². The Balaban J connectivity index is 1.74. The Labute approximate surface area is 160 Å². The van der Waals surface area contributed by atoms with Crippen molar-refractivity contribution in [2.75, 3.05) is 4.72 Å². The van der Waals surface area contributed by atoms with E-state index >= 15 is 0 Å². The fraction of sp³-hybridized carbons (Fsp3) is 0.0625. The molecule has 1 aromatic heterocycles. The van der Waals surface area contributed by atoms with Crippen LogP contribution in [-0.4, -0.2) is 18.2 Å². The summed E-state index contributed by atoms with van der Waals surface area (Å²) < 4.78 is 28.8. The maximum Gasteiger partial charge on any atom is 0.261 e. The van der Waals surface area contributed by atoms with Crippen molar-refractivity contribution in [1.29, 1.82) is 0 Å². The SMILES string of the molecule is O=S(=O)(Nc1cnn(Cc2ccc(Cl)c(Cl)c2)c1)c1ccc(Cl)cc1. The zero-order chi connectivity index (χ0) is 18.0. The van der Waals surface area contributed by atoms with Crippen LogP contribution in [0.3, 0.4) is 0 Å². The summed E-state index contributed by atoms with van der Waals surface area (Å²) in [4.78, 5) is 0.120. The van der Waals surface area contributed by atoms with Crippen molar-refractivity contribution >= 4 is 50.5 Å². The molecule has 0 aliphatic rings. The standard InChI is InChI=1S/C16H12Cl3N3O2S/c17-12-2-4-14(5-3-12)25(23,24)21-13-8-20-22(10-13)9-11-1-6-15(18)16(19)7-11/h1-8,10,21H,9H2. The van der Waals surface area contributed by atoms with Crippen LogP contribution in [-0.2, 0) is 16.6 Å². The molecule has 5 nitrogen and oxygen atoms in total. The number of aromatic nitrogens is 2. The van der Waals surface area contributed by atoms with Gasteiger partial charge in [-0.05, 0) is 42.0 Å². The molecule has 0 amide bonds. The van der Waals surface area contributed by atoms with E-state index in [2.05, 4.69) is 9.82 Å². The van der Waals surface area contributed by atoms with Crippen molar-refractivity contribution in [1.82, 2.24) is 9.78 Å². The lowest BCUT2D eigenvalue weighted by atomic mass is 10.2. The molecule has 0 bridgehead atoms. The first kappa shape index (κ1) is 18.1. The van der Waals surface area contributed by atoms with Gasteiger partial charge >= 0.3 is 0 Å². The number of nitrogens with one attached hydrogen (secondary N) is 1. The molecule has 0 saturated heterocycles. The van der Waals surface area contributed by atoms with Gasteiger partial charge in [0.15, 0.2) is 0 Å². The first-order valence-corrected chi connectivity index (χ1v) is 9.70. The number of halogens is 3. The van der Waals surface area contributed by atoms with Crippen molar-refractivity contribution in [3.8, 4) is 0 Å². The average Bonchev–Trinajstić information content (AvgIpc) is 2.97. The second-order valence-electron chi connectivity index (χ2n) is 5.23. The highest BCUT2D eigenvalue weighted by Crippen LogP contribution is 2.23. The van der Waals surface area contributed by atoms with Crippen LogP contribution in [0, 0.1) is 0 Å². The molecule has 9 heteroatoms. The van der Waals surface area contributed by atoms with Gasteiger partial charge in [-0.2, -0.15) is 5.10 Å². The molecular weight excluding hydrogens is 405 g/mol. The number of anilines is 1. The molecule has 0 unspecified atom stereocenters. The van der Waals surface area contributed by atoms with Crippen LogP contribution in [0.4, 0.5) is 5.69 Å². The Morgan fingerprint density at radius 3 is 2.40 bits per heavy atom. The van der Waals surface area contributed by atoms with Crippen LogP contribution in [0.15, 0.2) is 59.8 Å². The lowest BCUT2D eigenvalue weighted by Gasteiger charge is -2.06. The van der Waals surface area contributed by atoms with Crippen LogP contribution in [0.25, 0.3) is 0 Å². The summed E-state index contributed by atoms with van der Waals surface area (Å²) >= 11 is 17.7. The largest absolute Gasteiger partial charge is 0.276 e. The Morgan fingerprint density at radius 2 is 1.72 bits per heavy atom. The Kier molecular flexibility index (Phi) is 5.24. The van der Waals surface area contributed by atoms with Gasteiger partial charge in [0.2, 0.25) is 0 Å². The molecule has 1 N–H and O–H groups in total. The van der Waals surface area contributed by atoms with Crippen molar-refractivity contribution in [2.24, 2.45) is 0 Å². The third kappa shape index (κ3) is 4.46. The van der Waals surface area contributed by atoms with Crippen molar-refractivity contribution in [3.63, 3.8) is 0 Å². The summed E-state index contributed by atoms with van der Waals surface area (Å²) in [7, 11) is -3.70. The fourth-order valence-corrected chi connectivity index (χ4v) is 3.63. The van der Waals surface area contributed by atoms with Crippen molar-refractivity contribution in [2.45, 2.75) is 11.4 Å². The Morgan fingerprint density at radius 1 is 1.00 bits per heavy atom. The Bertz CT molecular complexity index is 1000. The molecule has 1 heterocycles. The second-order valence-corrected chi connectivity index (χ2v) is 8.17. The molecule has 0 radical (unpaired) electrons. The third-order valence-electron chi connectivity index (χ3n) is 3.34. The quantitative estimate of drug-likeness (QED) is 0.656. The van der Waals surface area contributed by atoms with Gasteiger partial charge in [0.05, 0.1) is 33.4 Å². The van der Waals surface area contributed by atoms with E-state index in [-0.39, 0.29) is 4.90 Å². The normalized spacial score (nSPS) is 11.5. The van der Waals surface area contributed by atoms with E-state index in [9.17, 15) is 8.42 Å². The molecule has 0 saturated carbocycles. The van der Waals surface area contributed by atoms with Gasteiger partial charge < -0.3 is 0 Å². The van der Waals surface area contributed by atoms with E-state index in [0.717, 1.165) is 5.56 Å². The number of nitrogens with zero attached hydrogens (tertiary/aromatic N) is 2. The number of hydrogen-bond donors (Lipinski definition) is 1. The highest BCUT2D eigenvalue weighted by atomic mass is 35.5. The monoisotopic (exact) mass is 415 g/mol. The molecule has 2 aromatic carbocycles. The van der Waals surface area contributed by atoms with Gasteiger partial charge in [0, 0.05) is 11.2 Å². The van der Waals surface area contributed by atoms with Gasteiger partial charge in [-0.3, -0.25) is 9.40 Å². The minimum atomic E-state index is -3.70. The van der Waals surface area contributed by atoms with E-state index in [0.29, 0.717) is 27.3 Å². The van der Waals surface area contributed by atoms with E-state index in [1.807, 2.05) is 6.07 Å². The maximum atomic E-state index is 12.3. The Hall–Kier alpha value is -1.73. The van der Waals surface area contributed by atoms with Crippen LogP contribution in [0.1, 0.15) is 5.56 Å². The summed E-state index contributed by atoms with van der Waals surface area (Å²) in [6, 6.07) is 11.2. The highest BCUT2D eigenvalue weighted by Gasteiger charge is 2.15. The van der Waals surface area contributed by atoms with Crippen LogP contribution < -0.4 is 4.72 Å². The van der Waals surface area contributed by atoms with Crippen molar-refractivity contribution < 1.29 is 8.42 Å². The predicted octanol–water partition coefficient (Wildman–Crippen LogP) is 4.69. The smallest absolute Gasteiger partial charge is 0.261 e. The summed E-state index contributed by atoms with van der Waals surface area (Å²) in [5.41, 5.74) is 1.25. The number of hydrogen-bond acceptors (Lipinski definition) is 3. The minimum absolute atomic E-state index is 0.120. The van der Waals surface area contributed by atoms with Crippen LogP contribution in [0.2, 0.25) is 15.1 Å². The zero-order valence-electron chi connectivity index (χ0n) is 12.7. The first-order chi connectivity index (χ1) is 11.8. The lowest BCUT2D eigenvalue weighted by Crippen LogP contribution is -2.12. The van der Waals surface area contributed by atoms with E-state index in [4.69, 9.17) is 34.8 Å². The maximum absolute atomic E-state index is 12.3. The van der Waals surface area contributed by atoms with E-state index in [1.165, 1.54) is 30.5 Å². The summed E-state index contributed by atoms with van der Waals surface area (Å²) in [5, 5.41) is 5.54. The first-order valence-electron chi connectivity index (χ1n) is 7.08. The van der Waals surface area contributed by atoms with Gasteiger partial charge in [0.25, 0.3) is 10.0 Å². The predicted molar refractivity (Wildman–Crippen MR) is 100 cm³/mol. The fourth-order valence-electron chi connectivity index (χ4n) is 2.16. The molecule has 3 rings (SSSR count). The average molecular weight is 417 g/mol. The van der Waals surface area contributed by atoms with E-state index in [1.54, 1.807) is 23.0 Å². The molecule has 0 atom stereocenters. The summed E-state index contributed by atoms with van der Waals surface area (Å²) in [5.74, 6) is 0.